The number of rotatable bonds is 2. The van der Waals surface area contributed by atoms with Gasteiger partial charge in [0, 0.05) is 29.6 Å². The molecule has 21 heavy (non-hydrogen) atoms. The van der Waals surface area contributed by atoms with Gasteiger partial charge in [-0.15, -0.1) is 0 Å². The molecule has 0 amide bonds. The van der Waals surface area contributed by atoms with E-state index in [4.69, 9.17) is 0 Å². The molecule has 0 spiro atoms. The number of benzene rings is 1. The van der Waals surface area contributed by atoms with Crippen LogP contribution in [-0.2, 0) is 0 Å². The number of hydrogen-bond donors (Lipinski definition) is 0. The highest BCUT2D eigenvalue weighted by molar-refractivity contribution is 5.76. The average Bonchev–Trinajstić information content (AvgIpc) is 2.49. The fourth-order valence-corrected chi connectivity index (χ4v) is 2.39. The SMILES string of the molecule is Cc1c(-c2ccccn2)c(F)cc(F)c1-c1ccccn1. The van der Waals surface area contributed by atoms with E-state index in [0.717, 1.165) is 6.07 Å². The molecule has 0 N–H and O–H groups in total. The predicted octanol–water partition coefficient (Wildman–Crippen LogP) is 4.40. The van der Waals surface area contributed by atoms with Crippen molar-refractivity contribution in [3.8, 4) is 22.5 Å². The molecule has 0 fully saturated rings. The minimum Gasteiger partial charge on any atom is -0.256 e. The van der Waals surface area contributed by atoms with Crippen LogP contribution in [0.2, 0.25) is 0 Å². The molecule has 0 bridgehead atoms. The Kier molecular flexibility index (Phi) is 3.44. The van der Waals surface area contributed by atoms with Gasteiger partial charge in [-0.2, -0.15) is 0 Å². The molecule has 2 heterocycles. The van der Waals surface area contributed by atoms with Crippen LogP contribution in [0.3, 0.4) is 0 Å². The molecule has 1 aromatic carbocycles. The van der Waals surface area contributed by atoms with Crippen molar-refractivity contribution in [3.63, 3.8) is 0 Å². The van der Waals surface area contributed by atoms with Crippen molar-refractivity contribution in [3.05, 3.63) is 72.1 Å². The van der Waals surface area contributed by atoms with Gasteiger partial charge in [0.25, 0.3) is 0 Å². The molecule has 0 atom stereocenters. The third-order valence-electron chi connectivity index (χ3n) is 3.32. The summed E-state index contributed by atoms with van der Waals surface area (Å²) in [5.41, 5.74) is 2.05. The van der Waals surface area contributed by atoms with Crippen molar-refractivity contribution in [2.75, 3.05) is 0 Å². The van der Waals surface area contributed by atoms with E-state index >= 15 is 0 Å². The van der Waals surface area contributed by atoms with Gasteiger partial charge in [-0.05, 0) is 36.8 Å². The fraction of sp³-hybridized carbons (Fsp3) is 0.0588. The van der Waals surface area contributed by atoms with Crippen molar-refractivity contribution < 1.29 is 8.78 Å². The van der Waals surface area contributed by atoms with Crippen molar-refractivity contribution in [1.82, 2.24) is 9.97 Å². The lowest BCUT2D eigenvalue weighted by Gasteiger charge is -2.13. The lowest BCUT2D eigenvalue weighted by atomic mass is 9.96. The molecule has 3 rings (SSSR count). The summed E-state index contributed by atoms with van der Waals surface area (Å²) in [6.07, 6.45) is 3.16. The van der Waals surface area contributed by atoms with E-state index in [1.54, 1.807) is 55.7 Å². The maximum Gasteiger partial charge on any atom is 0.135 e. The van der Waals surface area contributed by atoms with E-state index in [0.29, 0.717) is 28.1 Å². The third kappa shape index (κ3) is 2.40. The second-order valence-electron chi connectivity index (χ2n) is 4.65. The number of aromatic nitrogens is 2. The first-order chi connectivity index (χ1) is 10.2. The Bertz CT molecular complexity index is 708. The summed E-state index contributed by atoms with van der Waals surface area (Å²) < 4.78 is 28.4. The summed E-state index contributed by atoms with van der Waals surface area (Å²) in [5.74, 6) is -1.24. The van der Waals surface area contributed by atoms with Gasteiger partial charge in [-0.1, -0.05) is 12.1 Å². The maximum atomic E-state index is 14.2. The Morgan fingerprint density at radius 3 is 1.62 bits per heavy atom. The first-order valence-electron chi connectivity index (χ1n) is 6.50. The zero-order valence-corrected chi connectivity index (χ0v) is 11.3. The number of nitrogens with zero attached hydrogens (tertiary/aromatic N) is 2. The van der Waals surface area contributed by atoms with Crippen molar-refractivity contribution in [2.24, 2.45) is 0 Å². The van der Waals surface area contributed by atoms with Crippen molar-refractivity contribution >= 4 is 0 Å². The van der Waals surface area contributed by atoms with E-state index < -0.39 is 11.6 Å². The molecular weight excluding hydrogens is 270 g/mol. The molecule has 0 unspecified atom stereocenters. The average molecular weight is 282 g/mol. The number of pyridine rings is 2. The lowest BCUT2D eigenvalue weighted by Crippen LogP contribution is -1.99. The minimum absolute atomic E-state index is 0.303. The van der Waals surface area contributed by atoms with Crippen LogP contribution in [0.5, 0.6) is 0 Å². The number of hydrogen-bond acceptors (Lipinski definition) is 2. The molecule has 2 nitrogen and oxygen atoms in total. The second kappa shape index (κ2) is 5.40. The monoisotopic (exact) mass is 282 g/mol. The molecule has 104 valence electrons. The molecule has 0 saturated carbocycles. The van der Waals surface area contributed by atoms with Crippen molar-refractivity contribution in [2.45, 2.75) is 6.92 Å². The summed E-state index contributed by atoms with van der Waals surface area (Å²) in [5, 5.41) is 0. The van der Waals surface area contributed by atoms with Gasteiger partial charge >= 0.3 is 0 Å². The van der Waals surface area contributed by atoms with Gasteiger partial charge in [0.05, 0.1) is 11.4 Å². The van der Waals surface area contributed by atoms with Crippen LogP contribution in [-0.4, -0.2) is 9.97 Å². The van der Waals surface area contributed by atoms with Crippen molar-refractivity contribution in [1.29, 1.82) is 0 Å². The molecule has 0 radical (unpaired) electrons. The Morgan fingerprint density at radius 1 is 0.762 bits per heavy atom. The van der Waals surface area contributed by atoms with E-state index in [1.165, 1.54) is 0 Å². The van der Waals surface area contributed by atoms with E-state index in [-0.39, 0.29) is 0 Å². The van der Waals surface area contributed by atoms with Gasteiger partial charge < -0.3 is 0 Å². The van der Waals surface area contributed by atoms with Gasteiger partial charge in [0.15, 0.2) is 0 Å². The molecule has 3 aromatic rings. The summed E-state index contributed by atoms with van der Waals surface area (Å²) >= 11 is 0. The number of halogens is 2. The van der Waals surface area contributed by atoms with Crippen LogP contribution in [0.25, 0.3) is 22.5 Å². The van der Waals surface area contributed by atoms with Gasteiger partial charge in [0.1, 0.15) is 11.6 Å². The lowest BCUT2D eigenvalue weighted by molar-refractivity contribution is 0.585. The molecule has 2 aromatic heterocycles. The second-order valence-corrected chi connectivity index (χ2v) is 4.65. The highest BCUT2D eigenvalue weighted by Crippen LogP contribution is 2.34. The van der Waals surface area contributed by atoms with Crippen LogP contribution in [0.4, 0.5) is 8.78 Å². The van der Waals surface area contributed by atoms with Crippen LogP contribution >= 0.6 is 0 Å². The highest BCUT2D eigenvalue weighted by Gasteiger charge is 2.19. The topological polar surface area (TPSA) is 25.8 Å². The Balaban J connectivity index is 2.29. The van der Waals surface area contributed by atoms with Crippen LogP contribution < -0.4 is 0 Å². The standard InChI is InChI=1S/C17H12F2N2/c1-11-16(14-6-2-4-8-20-14)12(18)10-13(19)17(11)15-7-3-5-9-21-15/h2-10H,1H3. The summed E-state index contributed by atoms with van der Waals surface area (Å²) in [6, 6.07) is 11.3. The fourth-order valence-electron chi connectivity index (χ4n) is 2.39. The Labute approximate surface area is 121 Å². The third-order valence-corrected chi connectivity index (χ3v) is 3.32. The smallest absolute Gasteiger partial charge is 0.135 e. The van der Waals surface area contributed by atoms with Crippen LogP contribution in [0, 0.1) is 18.6 Å². The first-order valence-corrected chi connectivity index (χ1v) is 6.50. The van der Waals surface area contributed by atoms with E-state index in [9.17, 15) is 8.78 Å². The van der Waals surface area contributed by atoms with E-state index in [1.807, 2.05) is 0 Å². The zero-order chi connectivity index (χ0) is 14.8. The quantitative estimate of drug-likeness (QED) is 0.696. The highest BCUT2D eigenvalue weighted by atomic mass is 19.1. The zero-order valence-electron chi connectivity index (χ0n) is 11.3. The molecular formula is C17H12F2N2. The Hall–Kier alpha value is -2.62. The summed E-state index contributed by atoms with van der Waals surface area (Å²) in [6.45, 7) is 1.68. The molecule has 0 aliphatic rings. The minimum atomic E-state index is -0.622. The molecule has 4 heteroatoms. The van der Waals surface area contributed by atoms with Gasteiger partial charge in [0.2, 0.25) is 0 Å². The van der Waals surface area contributed by atoms with Gasteiger partial charge in [-0.25, -0.2) is 8.78 Å². The van der Waals surface area contributed by atoms with Crippen LogP contribution in [0.15, 0.2) is 54.9 Å². The summed E-state index contributed by atoms with van der Waals surface area (Å²) in [4.78, 5) is 8.30. The molecule has 0 saturated heterocycles. The summed E-state index contributed by atoms with van der Waals surface area (Å²) in [7, 11) is 0. The van der Waals surface area contributed by atoms with E-state index in [2.05, 4.69) is 9.97 Å². The predicted molar refractivity (Wildman–Crippen MR) is 77.6 cm³/mol. The van der Waals surface area contributed by atoms with Crippen LogP contribution in [0.1, 0.15) is 5.56 Å². The normalized spacial score (nSPS) is 10.6. The van der Waals surface area contributed by atoms with Gasteiger partial charge in [-0.3, -0.25) is 9.97 Å². The largest absolute Gasteiger partial charge is 0.256 e. The molecule has 0 aliphatic carbocycles. The first kappa shape index (κ1) is 13.4. The molecule has 0 aliphatic heterocycles. The maximum absolute atomic E-state index is 14.2. The Morgan fingerprint density at radius 2 is 1.24 bits per heavy atom.